The molecular formula is C49H82O6. The number of allylic oxidation sites excluding steroid dienone is 12. The van der Waals surface area contributed by atoms with Crippen molar-refractivity contribution in [1.29, 1.82) is 0 Å². The van der Waals surface area contributed by atoms with Crippen molar-refractivity contribution in [1.82, 2.24) is 0 Å². The van der Waals surface area contributed by atoms with Crippen molar-refractivity contribution in [3.63, 3.8) is 0 Å². The normalized spacial score (nSPS) is 12.7. The van der Waals surface area contributed by atoms with Crippen molar-refractivity contribution in [2.75, 3.05) is 13.2 Å². The van der Waals surface area contributed by atoms with Gasteiger partial charge < -0.3 is 14.2 Å². The van der Waals surface area contributed by atoms with Gasteiger partial charge in [-0.05, 0) is 89.9 Å². The zero-order valence-corrected chi connectivity index (χ0v) is 35.7. The van der Waals surface area contributed by atoms with Crippen LogP contribution in [0.15, 0.2) is 72.9 Å². The van der Waals surface area contributed by atoms with Gasteiger partial charge in [-0.2, -0.15) is 0 Å². The SMILES string of the molecule is CC/C=C\C/C=C\C/C=C\CCCC(=O)OCC(COC(=O)CC/C=C\C/C=C\CCCCCCCC)OC(=O)CCCCC/C=C\CCCCCCCC. The molecule has 6 nitrogen and oxygen atoms in total. The molecule has 0 aromatic heterocycles. The number of esters is 3. The van der Waals surface area contributed by atoms with Crippen LogP contribution in [-0.2, 0) is 28.6 Å². The van der Waals surface area contributed by atoms with Crippen molar-refractivity contribution in [2.45, 2.75) is 207 Å². The van der Waals surface area contributed by atoms with Crippen LogP contribution in [0.3, 0.4) is 0 Å². The second-order valence-electron chi connectivity index (χ2n) is 14.6. The summed E-state index contributed by atoms with van der Waals surface area (Å²) in [7, 11) is 0. The van der Waals surface area contributed by atoms with Crippen LogP contribution >= 0.6 is 0 Å². The van der Waals surface area contributed by atoms with Gasteiger partial charge >= 0.3 is 17.9 Å². The summed E-state index contributed by atoms with van der Waals surface area (Å²) in [5.41, 5.74) is 0. The van der Waals surface area contributed by atoms with Crippen molar-refractivity contribution in [2.24, 2.45) is 0 Å². The monoisotopic (exact) mass is 767 g/mol. The van der Waals surface area contributed by atoms with Gasteiger partial charge in [0.1, 0.15) is 13.2 Å². The highest BCUT2D eigenvalue weighted by molar-refractivity contribution is 5.71. The number of ether oxygens (including phenoxy) is 3. The first-order chi connectivity index (χ1) is 27.0. The third-order valence-electron chi connectivity index (χ3n) is 9.18. The van der Waals surface area contributed by atoms with E-state index < -0.39 is 6.10 Å². The average Bonchev–Trinajstić information content (AvgIpc) is 3.18. The van der Waals surface area contributed by atoms with E-state index in [4.69, 9.17) is 14.2 Å². The van der Waals surface area contributed by atoms with Crippen LogP contribution in [-0.4, -0.2) is 37.2 Å². The third-order valence-corrected chi connectivity index (χ3v) is 9.18. The quantitative estimate of drug-likeness (QED) is 0.0268. The van der Waals surface area contributed by atoms with E-state index in [-0.39, 0.29) is 50.4 Å². The van der Waals surface area contributed by atoms with Crippen LogP contribution in [0.5, 0.6) is 0 Å². The van der Waals surface area contributed by atoms with Crippen LogP contribution in [0.4, 0.5) is 0 Å². The first-order valence-electron chi connectivity index (χ1n) is 22.4. The molecule has 55 heavy (non-hydrogen) atoms. The minimum atomic E-state index is -0.823. The topological polar surface area (TPSA) is 78.9 Å². The average molecular weight is 767 g/mol. The van der Waals surface area contributed by atoms with Gasteiger partial charge in [-0.3, -0.25) is 14.4 Å². The summed E-state index contributed by atoms with van der Waals surface area (Å²) in [5, 5.41) is 0. The van der Waals surface area contributed by atoms with E-state index in [0.717, 1.165) is 70.6 Å². The third kappa shape index (κ3) is 41.8. The fourth-order valence-corrected chi connectivity index (χ4v) is 5.80. The number of rotatable bonds is 39. The molecule has 1 unspecified atom stereocenters. The lowest BCUT2D eigenvalue weighted by molar-refractivity contribution is -0.166. The Balaban J connectivity index is 4.55. The first kappa shape index (κ1) is 51.9. The predicted molar refractivity (Wildman–Crippen MR) is 233 cm³/mol. The number of carbonyl (C=O) groups is 3. The van der Waals surface area contributed by atoms with Gasteiger partial charge in [-0.15, -0.1) is 0 Å². The van der Waals surface area contributed by atoms with Crippen LogP contribution < -0.4 is 0 Å². The van der Waals surface area contributed by atoms with E-state index in [9.17, 15) is 14.4 Å². The smallest absolute Gasteiger partial charge is 0.306 e. The van der Waals surface area contributed by atoms with Gasteiger partial charge in [-0.25, -0.2) is 0 Å². The Kier molecular flexibility index (Phi) is 41.1. The Morgan fingerprint density at radius 3 is 1.29 bits per heavy atom. The molecule has 0 bridgehead atoms. The molecule has 0 radical (unpaired) electrons. The second kappa shape index (κ2) is 43.6. The highest BCUT2D eigenvalue weighted by atomic mass is 16.6. The largest absolute Gasteiger partial charge is 0.462 e. The Labute approximate surface area is 338 Å². The van der Waals surface area contributed by atoms with Crippen LogP contribution in [0.25, 0.3) is 0 Å². The molecule has 0 heterocycles. The highest BCUT2D eigenvalue weighted by Crippen LogP contribution is 2.11. The predicted octanol–water partition coefficient (Wildman–Crippen LogP) is 14.3. The Hall–Kier alpha value is -3.15. The summed E-state index contributed by atoms with van der Waals surface area (Å²) in [4.78, 5) is 37.6. The Bertz CT molecular complexity index is 1070. The number of hydrogen-bond acceptors (Lipinski definition) is 6. The van der Waals surface area contributed by atoms with Crippen LogP contribution in [0.1, 0.15) is 201 Å². The molecule has 0 aromatic rings. The molecule has 0 saturated carbocycles. The Morgan fingerprint density at radius 2 is 0.764 bits per heavy atom. The minimum Gasteiger partial charge on any atom is -0.462 e. The molecule has 0 aliphatic rings. The summed E-state index contributed by atoms with van der Waals surface area (Å²) in [6.07, 6.45) is 53.4. The summed E-state index contributed by atoms with van der Waals surface area (Å²) in [6, 6.07) is 0. The van der Waals surface area contributed by atoms with Gasteiger partial charge in [0.15, 0.2) is 6.10 Å². The van der Waals surface area contributed by atoms with Gasteiger partial charge in [0.05, 0.1) is 0 Å². The van der Waals surface area contributed by atoms with Crippen molar-refractivity contribution < 1.29 is 28.6 Å². The zero-order chi connectivity index (χ0) is 40.1. The number of carbonyl (C=O) groups excluding carboxylic acids is 3. The zero-order valence-electron chi connectivity index (χ0n) is 35.7. The first-order valence-corrected chi connectivity index (χ1v) is 22.4. The highest BCUT2D eigenvalue weighted by Gasteiger charge is 2.19. The number of unbranched alkanes of at least 4 members (excludes halogenated alkanes) is 16. The molecule has 0 rings (SSSR count). The van der Waals surface area contributed by atoms with Crippen LogP contribution in [0, 0.1) is 0 Å². The molecular weight excluding hydrogens is 685 g/mol. The summed E-state index contributed by atoms with van der Waals surface area (Å²) in [6.45, 7) is 6.36. The second-order valence-corrected chi connectivity index (χ2v) is 14.6. The van der Waals surface area contributed by atoms with E-state index in [0.29, 0.717) is 12.8 Å². The molecule has 0 fully saturated rings. The van der Waals surface area contributed by atoms with E-state index in [1.54, 1.807) is 0 Å². The summed E-state index contributed by atoms with van der Waals surface area (Å²) >= 11 is 0. The van der Waals surface area contributed by atoms with E-state index in [1.165, 1.54) is 77.0 Å². The lowest BCUT2D eigenvalue weighted by atomic mass is 10.1. The van der Waals surface area contributed by atoms with Crippen molar-refractivity contribution in [3.05, 3.63) is 72.9 Å². The molecule has 314 valence electrons. The Morgan fingerprint density at radius 1 is 0.382 bits per heavy atom. The van der Waals surface area contributed by atoms with E-state index in [1.807, 2.05) is 6.08 Å². The molecule has 0 saturated heterocycles. The molecule has 1 atom stereocenters. The lowest BCUT2D eigenvalue weighted by Gasteiger charge is -2.18. The summed E-state index contributed by atoms with van der Waals surface area (Å²) in [5.74, 6) is -1.07. The molecule has 0 aliphatic heterocycles. The van der Waals surface area contributed by atoms with Gasteiger partial charge in [0, 0.05) is 19.3 Å². The van der Waals surface area contributed by atoms with Crippen molar-refractivity contribution >= 4 is 17.9 Å². The van der Waals surface area contributed by atoms with Gasteiger partial charge in [-0.1, -0.05) is 164 Å². The molecule has 0 aliphatic carbocycles. The van der Waals surface area contributed by atoms with Crippen molar-refractivity contribution in [3.8, 4) is 0 Å². The lowest BCUT2D eigenvalue weighted by Crippen LogP contribution is -2.30. The standard InChI is InChI=1S/C49H82O6/c1-4-7-10-13-16-19-22-24-27-30-33-36-39-42-48(51)54-45-46(44-53-47(50)41-38-35-32-29-26-21-18-15-12-9-6-3)55-49(52)43-40-37-34-31-28-25-23-20-17-14-11-8-5-2/h9,12,18,21,24-25,27-29,32-33,36,46H,4-8,10-11,13-17,19-20,22-23,26,30-31,34-35,37-45H2,1-3H3/b12-9-,21-18-,27-24-,28-25-,32-29-,36-33-. The molecule has 6 heteroatoms. The van der Waals surface area contributed by atoms with E-state index >= 15 is 0 Å². The molecule has 0 N–H and O–H groups in total. The van der Waals surface area contributed by atoms with Gasteiger partial charge in [0.25, 0.3) is 0 Å². The number of hydrogen-bond donors (Lipinski definition) is 0. The minimum absolute atomic E-state index is 0.126. The summed E-state index contributed by atoms with van der Waals surface area (Å²) < 4.78 is 16.6. The maximum atomic E-state index is 12.7. The molecule has 0 aromatic carbocycles. The van der Waals surface area contributed by atoms with E-state index in [2.05, 4.69) is 87.6 Å². The maximum Gasteiger partial charge on any atom is 0.306 e. The fourth-order valence-electron chi connectivity index (χ4n) is 5.80. The van der Waals surface area contributed by atoms with Gasteiger partial charge in [0.2, 0.25) is 0 Å². The maximum absolute atomic E-state index is 12.7. The fraction of sp³-hybridized carbons (Fsp3) is 0.694. The van der Waals surface area contributed by atoms with Crippen LogP contribution in [0.2, 0.25) is 0 Å². The molecule has 0 amide bonds. The molecule has 0 spiro atoms.